The number of esters is 2. The topological polar surface area (TPSA) is 61.8 Å². The molecule has 0 aliphatic rings. The van der Waals surface area contributed by atoms with E-state index in [4.69, 9.17) is 14.2 Å². The molecule has 0 N–H and O–H groups in total. The molecule has 1 rings (SSSR count). The Morgan fingerprint density at radius 1 is 0.950 bits per heavy atom. The second-order valence-electron chi connectivity index (χ2n) is 4.00. The first-order valence-electron chi connectivity index (χ1n) is 6.71. The van der Waals surface area contributed by atoms with Crippen molar-refractivity contribution in [2.75, 3.05) is 13.2 Å². The van der Waals surface area contributed by atoms with Crippen LogP contribution in [0.5, 0.6) is 5.75 Å². The highest BCUT2D eigenvalue weighted by Gasteiger charge is 2.31. The Labute approximate surface area is 118 Å². The number of ether oxygens (including phenoxy) is 3. The lowest BCUT2D eigenvalue weighted by Gasteiger charge is -2.16. The molecule has 5 heteroatoms. The van der Waals surface area contributed by atoms with Gasteiger partial charge in [-0.3, -0.25) is 0 Å². The quantitative estimate of drug-likeness (QED) is 0.565. The van der Waals surface area contributed by atoms with Gasteiger partial charge in [-0.15, -0.1) is 0 Å². The van der Waals surface area contributed by atoms with Crippen molar-refractivity contribution in [2.24, 2.45) is 0 Å². The van der Waals surface area contributed by atoms with Crippen LogP contribution >= 0.6 is 0 Å². The van der Waals surface area contributed by atoms with Crippen LogP contribution in [0, 0.1) is 0 Å². The second-order valence-corrected chi connectivity index (χ2v) is 4.00. The molecule has 0 unspecified atom stereocenters. The van der Waals surface area contributed by atoms with Gasteiger partial charge < -0.3 is 14.2 Å². The van der Waals surface area contributed by atoms with Crippen molar-refractivity contribution in [2.45, 2.75) is 33.3 Å². The zero-order valence-electron chi connectivity index (χ0n) is 12.0. The fraction of sp³-hybridized carbons (Fsp3) is 0.467. The van der Waals surface area contributed by atoms with Crippen molar-refractivity contribution < 1.29 is 23.8 Å². The lowest BCUT2D eigenvalue weighted by Crippen LogP contribution is -2.38. The third-order valence-electron chi connectivity index (χ3n) is 2.59. The minimum Gasteiger partial charge on any atom is -0.467 e. The summed E-state index contributed by atoms with van der Waals surface area (Å²) in [6.45, 7) is 5.71. The maximum Gasteiger partial charge on any atom is 0.359 e. The molecule has 1 aromatic carbocycles. The van der Waals surface area contributed by atoms with Crippen molar-refractivity contribution in [3.05, 3.63) is 29.8 Å². The number of aryl methyl sites for hydroxylation is 1. The molecule has 1 aromatic rings. The summed E-state index contributed by atoms with van der Waals surface area (Å²) < 4.78 is 15.0. The normalized spacial score (nSPS) is 10.2. The molecular formula is C15H20O5. The Kier molecular flexibility index (Phi) is 6.56. The van der Waals surface area contributed by atoms with Crippen LogP contribution in [0.4, 0.5) is 0 Å². The van der Waals surface area contributed by atoms with Crippen LogP contribution in [-0.2, 0) is 25.5 Å². The highest BCUT2D eigenvalue weighted by Crippen LogP contribution is 2.15. The van der Waals surface area contributed by atoms with Gasteiger partial charge in [-0.1, -0.05) is 19.1 Å². The number of carbonyl (C=O) groups excluding carboxylic acids is 2. The van der Waals surface area contributed by atoms with Crippen molar-refractivity contribution in [3.63, 3.8) is 0 Å². The monoisotopic (exact) mass is 280 g/mol. The van der Waals surface area contributed by atoms with Gasteiger partial charge >= 0.3 is 11.9 Å². The highest BCUT2D eigenvalue weighted by molar-refractivity contribution is 5.98. The Bertz CT molecular complexity index is 420. The Balaban J connectivity index is 2.81. The van der Waals surface area contributed by atoms with Gasteiger partial charge in [0.05, 0.1) is 13.2 Å². The molecule has 5 nitrogen and oxygen atoms in total. The van der Waals surface area contributed by atoms with E-state index in [1.54, 1.807) is 26.0 Å². The van der Waals surface area contributed by atoms with E-state index in [9.17, 15) is 9.59 Å². The number of benzene rings is 1. The summed E-state index contributed by atoms with van der Waals surface area (Å²) in [6, 6.07) is 7.18. The average molecular weight is 280 g/mol. The summed E-state index contributed by atoms with van der Waals surface area (Å²) in [7, 11) is 0. The fourth-order valence-corrected chi connectivity index (χ4v) is 1.57. The van der Waals surface area contributed by atoms with Crippen molar-refractivity contribution in [3.8, 4) is 5.75 Å². The smallest absolute Gasteiger partial charge is 0.359 e. The van der Waals surface area contributed by atoms with Gasteiger partial charge in [0.25, 0.3) is 6.10 Å². The third kappa shape index (κ3) is 4.57. The van der Waals surface area contributed by atoms with Crippen LogP contribution in [-0.4, -0.2) is 31.3 Å². The van der Waals surface area contributed by atoms with Gasteiger partial charge in [-0.2, -0.15) is 0 Å². The van der Waals surface area contributed by atoms with Gasteiger partial charge in [0.1, 0.15) is 5.75 Å². The fourth-order valence-electron chi connectivity index (χ4n) is 1.57. The molecule has 0 bridgehead atoms. The van der Waals surface area contributed by atoms with E-state index in [0.717, 1.165) is 12.0 Å². The Morgan fingerprint density at radius 3 is 1.85 bits per heavy atom. The van der Waals surface area contributed by atoms with Crippen LogP contribution in [0.3, 0.4) is 0 Å². The van der Waals surface area contributed by atoms with Gasteiger partial charge in [-0.05, 0) is 38.0 Å². The SMILES string of the molecule is CCOC(=O)C(Oc1ccc(CC)cc1)C(=O)OCC. The van der Waals surface area contributed by atoms with E-state index >= 15 is 0 Å². The summed E-state index contributed by atoms with van der Waals surface area (Å²) in [4.78, 5) is 23.5. The summed E-state index contributed by atoms with van der Waals surface area (Å²) in [5.41, 5.74) is 1.14. The molecule has 0 aliphatic heterocycles. The first kappa shape index (κ1) is 16.0. The second kappa shape index (κ2) is 8.19. The standard InChI is InChI=1S/C15H20O5/c1-4-11-7-9-12(10-8-11)20-13(14(16)18-5-2)15(17)19-6-3/h7-10,13H,4-6H2,1-3H3. The van der Waals surface area contributed by atoms with Gasteiger partial charge in [-0.25, -0.2) is 9.59 Å². The van der Waals surface area contributed by atoms with E-state index in [-0.39, 0.29) is 13.2 Å². The molecule has 0 saturated heterocycles. The number of hydrogen-bond acceptors (Lipinski definition) is 5. The summed E-state index contributed by atoms with van der Waals surface area (Å²) >= 11 is 0. The summed E-state index contributed by atoms with van der Waals surface area (Å²) in [5, 5.41) is 0. The van der Waals surface area contributed by atoms with Crippen LogP contribution in [0.25, 0.3) is 0 Å². The van der Waals surface area contributed by atoms with E-state index in [2.05, 4.69) is 0 Å². The molecule has 110 valence electrons. The van der Waals surface area contributed by atoms with Crippen LogP contribution in [0.15, 0.2) is 24.3 Å². The molecule has 0 amide bonds. The first-order chi connectivity index (χ1) is 9.62. The lowest BCUT2D eigenvalue weighted by atomic mass is 10.2. The maximum absolute atomic E-state index is 11.7. The van der Waals surface area contributed by atoms with Crippen molar-refractivity contribution in [1.82, 2.24) is 0 Å². The Hall–Kier alpha value is -2.04. The number of carbonyl (C=O) groups is 2. The van der Waals surface area contributed by atoms with Gasteiger partial charge in [0.15, 0.2) is 0 Å². The molecule has 0 radical (unpaired) electrons. The highest BCUT2D eigenvalue weighted by atomic mass is 16.6. The maximum atomic E-state index is 11.7. The number of hydrogen-bond donors (Lipinski definition) is 0. The minimum absolute atomic E-state index is 0.173. The molecule has 0 spiro atoms. The molecule has 20 heavy (non-hydrogen) atoms. The van der Waals surface area contributed by atoms with E-state index in [1.807, 2.05) is 19.1 Å². The molecule has 0 saturated carbocycles. The zero-order chi connectivity index (χ0) is 15.0. The minimum atomic E-state index is -1.39. The predicted octanol–water partition coefficient (Wildman–Crippen LogP) is 2.12. The van der Waals surface area contributed by atoms with Crippen LogP contribution in [0.2, 0.25) is 0 Å². The van der Waals surface area contributed by atoms with Crippen LogP contribution < -0.4 is 4.74 Å². The van der Waals surface area contributed by atoms with Crippen LogP contribution in [0.1, 0.15) is 26.3 Å². The third-order valence-corrected chi connectivity index (χ3v) is 2.59. The van der Waals surface area contributed by atoms with Gasteiger partial charge in [0.2, 0.25) is 0 Å². The van der Waals surface area contributed by atoms with Crippen molar-refractivity contribution in [1.29, 1.82) is 0 Å². The van der Waals surface area contributed by atoms with E-state index in [0.29, 0.717) is 5.75 Å². The average Bonchev–Trinajstić information content (AvgIpc) is 2.45. The first-order valence-corrected chi connectivity index (χ1v) is 6.71. The predicted molar refractivity (Wildman–Crippen MR) is 73.5 cm³/mol. The lowest BCUT2D eigenvalue weighted by molar-refractivity contribution is -0.166. The van der Waals surface area contributed by atoms with E-state index < -0.39 is 18.0 Å². The summed E-state index contributed by atoms with van der Waals surface area (Å²) in [5.74, 6) is -1.07. The molecule has 0 atom stereocenters. The Morgan fingerprint density at radius 2 is 1.45 bits per heavy atom. The molecule has 0 aromatic heterocycles. The zero-order valence-corrected chi connectivity index (χ0v) is 12.0. The van der Waals surface area contributed by atoms with Crippen molar-refractivity contribution >= 4 is 11.9 Å². The number of rotatable bonds is 7. The molecule has 0 heterocycles. The van der Waals surface area contributed by atoms with E-state index in [1.165, 1.54) is 0 Å². The largest absolute Gasteiger partial charge is 0.467 e. The van der Waals surface area contributed by atoms with Gasteiger partial charge in [0, 0.05) is 0 Å². The summed E-state index contributed by atoms with van der Waals surface area (Å²) in [6.07, 6.45) is -0.484. The molecular weight excluding hydrogens is 260 g/mol. The molecule has 0 fully saturated rings. The molecule has 0 aliphatic carbocycles.